The van der Waals surface area contributed by atoms with Crippen molar-refractivity contribution in [3.8, 4) is 0 Å². The maximum absolute atomic E-state index is 5.75. The minimum absolute atomic E-state index is 0.664. The summed E-state index contributed by atoms with van der Waals surface area (Å²) in [5, 5.41) is 0. The number of rotatable bonds is 3. The first-order valence-corrected chi connectivity index (χ1v) is 6.27. The van der Waals surface area contributed by atoms with E-state index < -0.39 is 0 Å². The summed E-state index contributed by atoms with van der Waals surface area (Å²) in [6.07, 6.45) is 6.14. The highest BCUT2D eigenvalue weighted by Gasteiger charge is 2.05. The first-order chi connectivity index (χ1) is 7.74. The standard InChI is InChI=1S/C14H15BrO/c1-11-2-4-12(5-3-11)10-16-14-8-6-13(15)7-9-14/h2-6,8H,7,9-10H2,1H3. The number of aryl methyl sites for hydroxylation is 1. The third-order valence-electron chi connectivity index (χ3n) is 2.61. The lowest BCUT2D eigenvalue weighted by molar-refractivity contribution is 0.188. The van der Waals surface area contributed by atoms with Crippen LogP contribution >= 0.6 is 15.9 Å². The number of allylic oxidation sites excluding steroid dienone is 4. The molecule has 0 fully saturated rings. The van der Waals surface area contributed by atoms with E-state index in [1.807, 2.05) is 6.08 Å². The Morgan fingerprint density at radius 1 is 1.12 bits per heavy atom. The average molecular weight is 279 g/mol. The van der Waals surface area contributed by atoms with E-state index in [1.165, 1.54) is 15.6 Å². The van der Waals surface area contributed by atoms with Crippen molar-refractivity contribution in [3.63, 3.8) is 0 Å². The van der Waals surface area contributed by atoms with Gasteiger partial charge >= 0.3 is 0 Å². The van der Waals surface area contributed by atoms with Crippen molar-refractivity contribution < 1.29 is 4.74 Å². The van der Waals surface area contributed by atoms with Crippen LogP contribution in [0.25, 0.3) is 0 Å². The highest BCUT2D eigenvalue weighted by atomic mass is 79.9. The molecule has 1 aromatic carbocycles. The Morgan fingerprint density at radius 3 is 2.50 bits per heavy atom. The zero-order valence-corrected chi connectivity index (χ0v) is 11.0. The molecule has 0 atom stereocenters. The molecule has 0 saturated carbocycles. The lowest BCUT2D eigenvalue weighted by Crippen LogP contribution is -1.96. The summed E-state index contributed by atoms with van der Waals surface area (Å²) in [6, 6.07) is 8.46. The molecule has 0 spiro atoms. The molecule has 0 bridgehead atoms. The number of halogens is 1. The Balaban J connectivity index is 1.90. The van der Waals surface area contributed by atoms with Crippen molar-refractivity contribution >= 4 is 15.9 Å². The van der Waals surface area contributed by atoms with Gasteiger partial charge in [-0.15, -0.1) is 0 Å². The monoisotopic (exact) mass is 278 g/mol. The summed E-state index contributed by atoms with van der Waals surface area (Å²) >= 11 is 3.48. The summed E-state index contributed by atoms with van der Waals surface area (Å²) in [7, 11) is 0. The van der Waals surface area contributed by atoms with Crippen molar-refractivity contribution in [3.05, 3.63) is 57.8 Å². The highest BCUT2D eigenvalue weighted by molar-refractivity contribution is 9.11. The normalized spacial score (nSPS) is 15.4. The van der Waals surface area contributed by atoms with E-state index in [1.54, 1.807) is 0 Å². The van der Waals surface area contributed by atoms with Crippen LogP contribution in [-0.4, -0.2) is 0 Å². The molecule has 0 aliphatic heterocycles. The van der Waals surface area contributed by atoms with E-state index in [2.05, 4.69) is 53.2 Å². The largest absolute Gasteiger partial charge is 0.493 e. The Bertz CT molecular complexity index is 415. The molecule has 0 saturated heterocycles. The molecule has 0 aromatic heterocycles. The molecule has 16 heavy (non-hydrogen) atoms. The highest BCUT2D eigenvalue weighted by Crippen LogP contribution is 2.23. The number of benzene rings is 1. The molecule has 0 radical (unpaired) electrons. The van der Waals surface area contributed by atoms with Gasteiger partial charge in [-0.3, -0.25) is 0 Å². The van der Waals surface area contributed by atoms with E-state index in [4.69, 9.17) is 4.74 Å². The van der Waals surface area contributed by atoms with E-state index in [0.717, 1.165) is 18.6 Å². The predicted molar refractivity (Wildman–Crippen MR) is 70.3 cm³/mol. The van der Waals surface area contributed by atoms with Gasteiger partial charge in [-0.25, -0.2) is 0 Å². The minimum Gasteiger partial charge on any atom is -0.493 e. The molecule has 1 nitrogen and oxygen atoms in total. The van der Waals surface area contributed by atoms with Crippen LogP contribution < -0.4 is 0 Å². The zero-order chi connectivity index (χ0) is 11.4. The van der Waals surface area contributed by atoms with Gasteiger partial charge in [-0.2, -0.15) is 0 Å². The van der Waals surface area contributed by atoms with Crippen LogP contribution in [-0.2, 0) is 11.3 Å². The Hall–Kier alpha value is -1.02. The Kier molecular flexibility index (Phi) is 3.83. The molecule has 1 aliphatic rings. The number of ether oxygens (including phenoxy) is 1. The summed E-state index contributed by atoms with van der Waals surface area (Å²) in [5.41, 5.74) is 2.51. The van der Waals surface area contributed by atoms with Crippen molar-refractivity contribution in [1.29, 1.82) is 0 Å². The molecular formula is C14H15BrO. The lowest BCUT2D eigenvalue weighted by atomic mass is 10.1. The van der Waals surface area contributed by atoms with Gasteiger partial charge in [0.15, 0.2) is 0 Å². The maximum atomic E-state index is 5.75. The van der Waals surface area contributed by atoms with Crippen LogP contribution in [0.2, 0.25) is 0 Å². The average Bonchev–Trinajstić information content (AvgIpc) is 2.30. The van der Waals surface area contributed by atoms with Crippen molar-refractivity contribution in [2.75, 3.05) is 0 Å². The van der Waals surface area contributed by atoms with Crippen LogP contribution in [0.1, 0.15) is 24.0 Å². The summed E-state index contributed by atoms with van der Waals surface area (Å²) in [5.74, 6) is 1.07. The second-order valence-corrected chi connectivity index (χ2v) is 5.04. The fraction of sp³-hybridized carbons (Fsp3) is 0.286. The van der Waals surface area contributed by atoms with Crippen LogP contribution in [0.15, 0.2) is 46.7 Å². The molecule has 2 rings (SSSR count). The van der Waals surface area contributed by atoms with Crippen LogP contribution in [0.4, 0.5) is 0 Å². The third kappa shape index (κ3) is 3.24. The van der Waals surface area contributed by atoms with Gasteiger partial charge in [0.05, 0.1) is 5.76 Å². The molecular weight excluding hydrogens is 264 g/mol. The van der Waals surface area contributed by atoms with E-state index in [9.17, 15) is 0 Å². The van der Waals surface area contributed by atoms with Crippen molar-refractivity contribution in [2.45, 2.75) is 26.4 Å². The minimum atomic E-state index is 0.664. The second kappa shape index (κ2) is 5.35. The van der Waals surface area contributed by atoms with E-state index in [-0.39, 0.29) is 0 Å². The molecule has 1 aliphatic carbocycles. The molecule has 0 heterocycles. The van der Waals surface area contributed by atoms with Gasteiger partial charge in [-0.1, -0.05) is 45.8 Å². The number of hydrogen-bond acceptors (Lipinski definition) is 1. The summed E-state index contributed by atoms with van der Waals surface area (Å²) in [6.45, 7) is 2.76. The van der Waals surface area contributed by atoms with Crippen LogP contribution in [0.5, 0.6) is 0 Å². The summed E-state index contributed by atoms with van der Waals surface area (Å²) in [4.78, 5) is 0. The van der Waals surface area contributed by atoms with Gasteiger partial charge in [-0.05, 0) is 35.5 Å². The topological polar surface area (TPSA) is 9.23 Å². The van der Waals surface area contributed by atoms with Crippen LogP contribution in [0.3, 0.4) is 0 Å². The SMILES string of the molecule is Cc1ccc(COC2=CC=C(Br)CC2)cc1. The van der Waals surface area contributed by atoms with Gasteiger partial charge in [0, 0.05) is 6.42 Å². The maximum Gasteiger partial charge on any atom is 0.113 e. The van der Waals surface area contributed by atoms with E-state index in [0.29, 0.717) is 6.61 Å². The van der Waals surface area contributed by atoms with Gasteiger partial charge < -0.3 is 4.74 Å². The van der Waals surface area contributed by atoms with Crippen molar-refractivity contribution in [1.82, 2.24) is 0 Å². The fourth-order valence-corrected chi connectivity index (χ4v) is 1.90. The lowest BCUT2D eigenvalue weighted by Gasteiger charge is -2.13. The predicted octanol–water partition coefficient (Wildman–Crippen LogP) is 4.47. The molecule has 1 aromatic rings. The third-order valence-corrected chi connectivity index (χ3v) is 3.27. The smallest absolute Gasteiger partial charge is 0.113 e. The van der Waals surface area contributed by atoms with Crippen LogP contribution in [0, 0.1) is 6.92 Å². The van der Waals surface area contributed by atoms with Gasteiger partial charge in [0.1, 0.15) is 6.61 Å². The second-order valence-electron chi connectivity index (χ2n) is 4.02. The van der Waals surface area contributed by atoms with Gasteiger partial charge in [0.25, 0.3) is 0 Å². The molecule has 2 heteroatoms. The zero-order valence-electron chi connectivity index (χ0n) is 9.37. The first-order valence-electron chi connectivity index (χ1n) is 5.47. The van der Waals surface area contributed by atoms with Crippen molar-refractivity contribution in [2.24, 2.45) is 0 Å². The Labute approximate surface area is 105 Å². The Morgan fingerprint density at radius 2 is 1.88 bits per heavy atom. The molecule has 0 unspecified atom stereocenters. The fourth-order valence-electron chi connectivity index (χ4n) is 1.57. The molecule has 0 amide bonds. The number of hydrogen-bond donors (Lipinski definition) is 0. The molecule has 0 N–H and O–H groups in total. The first kappa shape index (κ1) is 11.5. The van der Waals surface area contributed by atoms with Gasteiger partial charge in [0.2, 0.25) is 0 Å². The quantitative estimate of drug-likeness (QED) is 0.793. The van der Waals surface area contributed by atoms with E-state index >= 15 is 0 Å². The summed E-state index contributed by atoms with van der Waals surface area (Å²) < 4.78 is 7.00. The molecule has 84 valence electrons.